The number of amides is 2. The van der Waals surface area contributed by atoms with Crippen LogP contribution in [0, 0.1) is 19.8 Å². The molecule has 8 nitrogen and oxygen atoms in total. The lowest BCUT2D eigenvalue weighted by atomic mass is 10.1. The molecule has 2 amide bonds. The van der Waals surface area contributed by atoms with Crippen molar-refractivity contribution in [3.63, 3.8) is 0 Å². The number of carbonyl (C=O) groups excluding carboxylic acids is 3. The first-order valence-corrected chi connectivity index (χ1v) is 11.6. The van der Waals surface area contributed by atoms with Gasteiger partial charge < -0.3 is 24.4 Å². The summed E-state index contributed by atoms with van der Waals surface area (Å²) in [6.45, 7) is 3.60. The zero-order chi connectivity index (χ0) is 25.7. The standard InChI is InChI=1S/C28H28N2O6/c1-18-4-5-19(2)25(14-18)29-26(31)17-35-28(33)20-15-27(32)30(16-20)21-6-8-23(9-7-21)36-24-12-10-22(34-3)11-13-24/h4-14,20H,15-17H2,1-3H3,(H,29,31)/t20-/m0/s1. The van der Waals surface area contributed by atoms with Gasteiger partial charge >= 0.3 is 5.97 Å². The van der Waals surface area contributed by atoms with E-state index >= 15 is 0 Å². The first-order valence-electron chi connectivity index (χ1n) is 11.6. The second kappa shape index (κ2) is 10.9. The molecule has 4 rings (SSSR count). The third kappa shape index (κ3) is 6.02. The van der Waals surface area contributed by atoms with E-state index in [4.69, 9.17) is 14.2 Å². The maximum atomic E-state index is 12.6. The van der Waals surface area contributed by atoms with Crippen molar-refractivity contribution in [3.05, 3.63) is 77.9 Å². The van der Waals surface area contributed by atoms with E-state index in [1.807, 2.05) is 32.0 Å². The van der Waals surface area contributed by atoms with E-state index in [9.17, 15) is 14.4 Å². The monoisotopic (exact) mass is 488 g/mol. The molecule has 1 heterocycles. The van der Waals surface area contributed by atoms with Gasteiger partial charge in [0.05, 0.1) is 13.0 Å². The quantitative estimate of drug-likeness (QED) is 0.465. The Bertz CT molecular complexity index is 1250. The molecule has 1 N–H and O–H groups in total. The minimum atomic E-state index is -0.638. The Morgan fingerprint density at radius 3 is 2.25 bits per heavy atom. The number of hydrogen-bond acceptors (Lipinski definition) is 6. The fourth-order valence-electron chi connectivity index (χ4n) is 3.90. The zero-order valence-corrected chi connectivity index (χ0v) is 20.4. The third-order valence-electron chi connectivity index (χ3n) is 5.91. The van der Waals surface area contributed by atoms with Gasteiger partial charge in [-0.25, -0.2) is 0 Å². The molecule has 0 spiro atoms. The van der Waals surface area contributed by atoms with Gasteiger partial charge in [-0.3, -0.25) is 14.4 Å². The molecule has 1 atom stereocenters. The van der Waals surface area contributed by atoms with Crippen LogP contribution in [0.4, 0.5) is 11.4 Å². The summed E-state index contributed by atoms with van der Waals surface area (Å²) in [7, 11) is 1.60. The summed E-state index contributed by atoms with van der Waals surface area (Å²) >= 11 is 0. The molecule has 0 bridgehead atoms. The number of aryl methyl sites for hydroxylation is 2. The lowest BCUT2D eigenvalue weighted by molar-refractivity contribution is -0.151. The Hall–Kier alpha value is -4.33. The second-order valence-electron chi connectivity index (χ2n) is 8.65. The molecular formula is C28H28N2O6. The predicted octanol–water partition coefficient (Wildman–Crippen LogP) is 4.64. The molecule has 36 heavy (non-hydrogen) atoms. The number of benzene rings is 3. The Kier molecular flexibility index (Phi) is 7.53. The molecule has 1 fully saturated rings. The number of hydrogen-bond donors (Lipinski definition) is 1. The topological polar surface area (TPSA) is 94.2 Å². The van der Waals surface area contributed by atoms with Crippen molar-refractivity contribution in [2.45, 2.75) is 20.3 Å². The number of carbonyl (C=O) groups is 3. The first-order chi connectivity index (χ1) is 17.3. The van der Waals surface area contributed by atoms with Gasteiger partial charge in [-0.05, 0) is 79.6 Å². The number of rotatable bonds is 8. The fraction of sp³-hybridized carbons (Fsp3) is 0.250. The summed E-state index contributed by atoms with van der Waals surface area (Å²) in [6, 6.07) is 20.0. The molecular weight excluding hydrogens is 460 g/mol. The van der Waals surface area contributed by atoms with Gasteiger partial charge in [0.25, 0.3) is 5.91 Å². The highest BCUT2D eigenvalue weighted by molar-refractivity contribution is 6.00. The maximum absolute atomic E-state index is 12.6. The lowest BCUT2D eigenvalue weighted by Gasteiger charge is -2.17. The first kappa shape index (κ1) is 24.8. The molecule has 3 aromatic rings. The smallest absolute Gasteiger partial charge is 0.311 e. The van der Waals surface area contributed by atoms with Crippen LogP contribution in [0.25, 0.3) is 0 Å². The molecule has 0 aromatic heterocycles. The third-order valence-corrected chi connectivity index (χ3v) is 5.91. The van der Waals surface area contributed by atoms with Crippen LogP contribution in [0.15, 0.2) is 66.7 Å². The van der Waals surface area contributed by atoms with E-state index in [-0.39, 0.29) is 18.9 Å². The molecule has 0 radical (unpaired) electrons. The zero-order valence-electron chi connectivity index (χ0n) is 20.4. The molecule has 0 saturated carbocycles. The Labute approximate surface area is 209 Å². The van der Waals surface area contributed by atoms with Crippen LogP contribution in [0.2, 0.25) is 0 Å². The Morgan fingerprint density at radius 1 is 0.944 bits per heavy atom. The SMILES string of the molecule is COc1ccc(Oc2ccc(N3C[C@@H](C(=O)OCC(=O)Nc4cc(C)ccc4C)CC3=O)cc2)cc1. The van der Waals surface area contributed by atoms with E-state index in [2.05, 4.69) is 5.32 Å². The number of esters is 1. The predicted molar refractivity (Wildman–Crippen MR) is 135 cm³/mol. The number of nitrogens with zero attached hydrogens (tertiary/aromatic N) is 1. The summed E-state index contributed by atoms with van der Waals surface area (Å²) in [5, 5.41) is 2.76. The van der Waals surface area contributed by atoms with Crippen molar-refractivity contribution in [1.82, 2.24) is 0 Å². The van der Waals surface area contributed by atoms with Crippen LogP contribution >= 0.6 is 0 Å². The highest BCUT2D eigenvalue weighted by atomic mass is 16.5. The van der Waals surface area contributed by atoms with Crippen molar-refractivity contribution in [3.8, 4) is 17.2 Å². The summed E-state index contributed by atoms with van der Waals surface area (Å²) in [4.78, 5) is 38.9. The van der Waals surface area contributed by atoms with Crippen molar-refractivity contribution in [2.75, 3.05) is 30.5 Å². The van der Waals surface area contributed by atoms with E-state index in [0.717, 1.165) is 16.9 Å². The summed E-state index contributed by atoms with van der Waals surface area (Å²) in [5.74, 6) is 0.195. The minimum Gasteiger partial charge on any atom is -0.497 e. The number of anilines is 2. The molecule has 1 aliphatic heterocycles. The molecule has 8 heteroatoms. The van der Waals surface area contributed by atoms with E-state index in [0.29, 0.717) is 22.9 Å². The molecule has 186 valence electrons. The highest BCUT2D eigenvalue weighted by Crippen LogP contribution is 2.29. The van der Waals surface area contributed by atoms with Gasteiger partial charge in [-0.15, -0.1) is 0 Å². The van der Waals surface area contributed by atoms with Crippen molar-refractivity contribution in [2.24, 2.45) is 5.92 Å². The van der Waals surface area contributed by atoms with Crippen LogP contribution in [0.5, 0.6) is 17.2 Å². The van der Waals surface area contributed by atoms with Crippen LogP contribution in [0.1, 0.15) is 17.5 Å². The average Bonchev–Trinajstić information content (AvgIpc) is 3.27. The van der Waals surface area contributed by atoms with Crippen LogP contribution in [-0.4, -0.2) is 38.0 Å². The molecule has 0 unspecified atom stereocenters. The van der Waals surface area contributed by atoms with Crippen LogP contribution < -0.4 is 19.7 Å². The van der Waals surface area contributed by atoms with Crippen molar-refractivity contribution < 1.29 is 28.6 Å². The number of methoxy groups -OCH3 is 1. The van der Waals surface area contributed by atoms with Gasteiger partial charge in [-0.1, -0.05) is 12.1 Å². The van der Waals surface area contributed by atoms with Crippen molar-refractivity contribution >= 4 is 29.2 Å². The number of nitrogens with one attached hydrogen (secondary N) is 1. The molecule has 1 saturated heterocycles. The highest BCUT2D eigenvalue weighted by Gasteiger charge is 2.36. The average molecular weight is 489 g/mol. The fourth-order valence-corrected chi connectivity index (χ4v) is 3.90. The minimum absolute atomic E-state index is 0.0293. The molecule has 1 aliphatic rings. The summed E-state index contributed by atoms with van der Waals surface area (Å²) < 4.78 is 16.2. The largest absolute Gasteiger partial charge is 0.497 e. The van der Waals surface area contributed by atoms with E-state index in [1.165, 1.54) is 0 Å². The van der Waals surface area contributed by atoms with Crippen molar-refractivity contribution in [1.29, 1.82) is 0 Å². The Balaban J connectivity index is 1.29. The van der Waals surface area contributed by atoms with Gasteiger partial charge in [0.2, 0.25) is 5.91 Å². The van der Waals surface area contributed by atoms with Crippen LogP contribution in [0.3, 0.4) is 0 Å². The van der Waals surface area contributed by atoms with E-state index < -0.39 is 24.4 Å². The summed E-state index contributed by atoms with van der Waals surface area (Å²) in [6.07, 6.45) is 0.0293. The van der Waals surface area contributed by atoms with Gasteiger partial charge in [0.1, 0.15) is 17.2 Å². The second-order valence-corrected chi connectivity index (χ2v) is 8.65. The van der Waals surface area contributed by atoms with Gasteiger partial charge in [0.15, 0.2) is 6.61 Å². The van der Waals surface area contributed by atoms with Gasteiger partial charge in [0, 0.05) is 24.3 Å². The molecule has 3 aromatic carbocycles. The van der Waals surface area contributed by atoms with Gasteiger partial charge in [-0.2, -0.15) is 0 Å². The lowest BCUT2D eigenvalue weighted by Crippen LogP contribution is -2.28. The normalized spacial score (nSPS) is 14.9. The van der Waals surface area contributed by atoms with Crippen LogP contribution in [-0.2, 0) is 19.1 Å². The molecule has 0 aliphatic carbocycles. The Morgan fingerprint density at radius 2 is 1.58 bits per heavy atom. The summed E-state index contributed by atoms with van der Waals surface area (Å²) in [5.41, 5.74) is 3.26. The number of ether oxygens (including phenoxy) is 3. The van der Waals surface area contributed by atoms with E-state index in [1.54, 1.807) is 60.5 Å². The maximum Gasteiger partial charge on any atom is 0.311 e.